The summed E-state index contributed by atoms with van der Waals surface area (Å²) in [6, 6.07) is -0.808. The van der Waals surface area contributed by atoms with Gasteiger partial charge in [-0.2, -0.15) is 0 Å². The van der Waals surface area contributed by atoms with Crippen LogP contribution in [0.4, 0.5) is 0 Å². The first-order valence-electron chi connectivity index (χ1n) is 16.5. The van der Waals surface area contributed by atoms with Gasteiger partial charge in [-0.25, -0.2) is 0 Å². The molecule has 38 heavy (non-hydrogen) atoms. The van der Waals surface area contributed by atoms with E-state index in [1.54, 1.807) is 0 Å². The molecule has 0 aliphatic rings. The van der Waals surface area contributed by atoms with E-state index in [0.717, 1.165) is 51.4 Å². The van der Waals surface area contributed by atoms with Crippen molar-refractivity contribution in [1.82, 2.24) is 5.32 Å². The average molecular weight is 540 g/mol. The Morgan fingerprint density at radius 2 is 1.08 bits per heavy atom. The van der Waals surface area contributed by atoms with Crippen molar-refractivity contribution in [3.63, 3.8) is 0 Å². The quantitative estimate of drug-likeness (QED) is 0.0570. The third-order valence-corrected chi connectivity index (χ3v) is 7.62. The molecule has 0 saturated heterocycles. The van der Waals surface area contributed by atoms with Crippen molar-refractivity contribution < 1.29 is 20.1 Å². The minimum absolute atomic E-state index is 0.161. The summed E-state index contributed by atoms with van der Waals surface area (Å²) < 4.78 is 0. The maximum atomic E-state index is 12.2. The van der Waals surface area contributed by atoms with E-state index >= 15 is 0 Å². The Kier molecular flexibility index (Phi) is 28.4. The van der Waals surface area contributed by atoms with Crippen LogP contribution in [-0.2, 0) is 4.79 Å². The molecule has 0 heterocycles. The van der Waals surface area contributed by atoms with Gasteiger partial charge < -0.3 is 20.6 Å². The summed E-state index contributed by atoms with van der Waals surface area (Å²) in [5.41, 5.74) is 0. The van der Waals surface area contributed by atoms with Crippen molar-refractivity contribution in [2.75, 3.05) is 6.61 Å². The van der Waals surface area contributed by atoms with E-state index < -0.39 is 18.2 Å². The van der Waals surface area contributed by atoms with Crippen LogP contribution < -0.4 is 5.32 Å². The zero-order valence-electron chi connectivity index (χ0n) is 25.3. The molecule has 0 aliphatic carbocycles. The fraction of sp³-hybridized carbons (Fsp3) is 0.909. The number of aliphatic hydroxyl groups excluding tert-OH is 3. The monoisotopic (exact) mass is 539 g/mol. The highest BCUT2D eigenvalue weighted by atomic mass is 16.3. The number of rotatable bonds is 29. The topological polar surface area (TPSA) is 89.8 Å². The van der Waals surface area contributed by atoms with Crippen LogP contribution in [0.3, 0.4) is 0 Å². The maximum absolute atomic E-state index is 12.2. The van der Waals surface area contributed by atoms with Crippen LogP contribution >= 0.6 is 0 Å². The Bertz CT molecular complexity index is 525. The summed E-state index contributed by atoms with van der Waals surface area (Å²) >= 11 is 0. The second-order valence-electron chi connectivity index (χ2n) is 11.4. The summed E-state index contributed by atoms with van der Waals surface area (Å²) in [5, 5.41) is 33.2. The van der Waals surface area contributed by atoms with Gasteiger partial charge in [0.05, 0.1) is 18.8 Å². The van der Waals surface area contributed by atoms with Gasteiger partial charge in [0.2, 0.25) is 5.91 Å². The number of nitrogens with one attached hydrogen (secondary N) is 1. The average Bonchev–Trinajstić information content (AvgIpc) is 2.92. The fourth-order valence-corrected chi connectivity index (χ4v) is 4.96. The lowest BCUT2D eigenvalue weighted by Gasteiger charge is -2.26. The molecule has 0 radical (unpaired) electrons. The number of allylic oxidation sites excluding steroid dienone is 2. The predicted octanol–water partition coefficient (Wildman–Crippen LogP) is 8.14. The molecule has 3 atom stereocenters. The first kappa shape index (κ1) is 37.1. The van der Waals surface area contributed by atoms with Crippen LogP contribution in [0.1, 0.15) is 168 Å². The lowest BCUT2D eigenvalue weighted by atomic mass is 9.99. The Morgan fingerprint density at radius 3 is 1.61 bits per heavy atom. The van der Waals surface area contributed by atoms with E-state index in [1.807, 2.05) is 0 Å². The second-order valence-corrected chi connectivity index (χ2v) is 11.4. The molecule has 0 spiro atoms. The standard InChI is InChI=1S/C33H65NO4/c1-3-5-7-9-11-13-15-16-17-18-19-21-23-25-27-31(36)33(38)30(29-35)34-32(37)28-26-24-22-20-14-12-10-8-6-4-2/h10,12,30-31,33,35-36,38H,3-9,11,13-29H2,1-2H3,(H,34,37)/b12-10-. The number of carbonyl (C=O) groups excluding carboxylic acids is 1. The van der Waals surface area contributed by atoms with Crippen LogP contribution in [0.15, 0.2) is 12.2 Å². The zero-order valence-corrected chi connectivity index (χ0v) is 25.3. The number of unbranched alkanes of at least 4 members (excludes halogenated alkanes) is 19. The molecule has 0 rings (SSSR count). The molecule has 0 aromatic carbocycles. The molecule has 4 N–H and O–H groups in total. The third kappa shape index (κ3) is 24.2. The number of amides is 1. The molecular formula is C33H65NO4. The van der Waals surface area contributed by atoms with Gasteiger partial charge in [0.25, 0.3) is 0 Å². The molecule has 5 heteroatoms. The molecule has 0 aromatic heterocycles. The van der Waals surface area contributed by atoms with E-state index in [1.165, 1.54) is 89.9 Å². The van der Waals surface area contributed by atoms with Crippen molar-refractivity contribution in [1.29, 1.82) is 0 Å². The molecular weight excluding hydrogens is 474 g/mol. The summed E-state index contributed by atoms with van der Waals surface area (Å²) in [6.07, 6.45) is 30.1. The van der Waals surface area contributed by atoms with E-state index in [2.05, 4.69) is 31.3 Å². The number of hydrogen-bond donors (Lipinski definition) is 4. The number of hydrogen-bond acceptors (Lipinski definition) is 4. The summed E-state index contributed by atoms with van der Waals surface area (Å²) in [6.45, 7) is 4.10. The summed E-state index contributed by atoms with van der Waals surface area (Å²) in [4.78, 5) is 12.2. The highest BCUT2D eigenvalue weighted by Gasteiger charge is 2.26. The Hall–Kier alpha value is -0.910. The Labute approximate surface area is 236 Å². The zero-order chi connectivity index (χ0) is 28.1. The molecule has 0 saturated carbocycles. The van der Waals surface area contributed by atoms with E-state index in [9.17, 15) is 20.1 Å². The van der Waals surface area contributed by atoms with Crippen LogP contribution in [0, 0.1) is 0 Å². The smallest absolute Gasteiger partial charge is 0.220 e. The highest BCUT2D eigenvalue weighted by molar-refractivity contribution is 5.76. The molecule has 0 aromatic rings. The largest absolute Gasteiger partial charge is 0.394 e. The molecule has 1 amide bonds. The summed E-state index contributed by atoms with van der Waals surface area (Å²) in [5.74, 6) is -0.161. The summed E-state index contributed by atoms with van der Waals surface area (Å²) in [7, 11) is 0. The van der Waals surface area contributed by atoms with Crippen molar-refractivity contribution in [3.05, 3.63) is 12.2 Å². The van der Waals surface area contributed by atoms with Gasteiger partial charge in [0, 0.05) is 6.42 Å². The maximum Gasteiger partial charge on any atom is 0.220 e. The lowest BCUT2D eigenvalue weighted by molar-refractivity contribution is -0.124. The van der Waals surface area contributed by atoms with Gasteiger partial charge >= 0.3 is 0 Å². The highest BCUT2D eigenvalue weighted by Crippen LogP contribution is 2.15. The van der Waals surface area contributed by atoms with Gasteiger partial charge in [-0.3, -0.25) is 4.79 Å². The predicted molar refractivity (Wildman–Crippen MR) is 162 cm³/mol. The third-order valence-electron chi connectivity index (χ3n) is 7.62. The van der Waals surface area contributed by atoms with Gasteiger partial charge in [0.15, 0.2) is 0 Å². The fourth-order valence-electron chi connectivity index (χ4n) is 4.96. The van der Waals surface area contributed by atoms with Crippen molar-refractivity contribution in [2.24, 2.45) is 0 Å². The van der Waals surface area contributed by atoms with Gasteiger partial charge in [-0.05, 0) is 32.1 Å². The van der Waals surface area contributed by atoms with E-state index in [-0.39, 0.29) is 12.5 Å². The molecule has 0 aliphatic heterocycles. The van der Waals surface area contributed by atoms with Crippen molar-refractivity contribution in [3.8, 4) is 0 Å². The minimum Gasteiger partial charge on any atom is -0.394 e. The first-order chi connectivity index (χ1) is 18.6. The molecule has 0 bridgehead atoms. The first-order valence-corrected chi connectivity index (χ1v) is 16.5. The van der Waals surface area contributed by atoms with Gasteiger partial charge in [0.1, 0.15) is 6.10 Å². The molecule has 3 unspecified atom stereocenters. The normalized spacial score (nSPS) is 14.1. The molecule has 5 nitrogen and oxygen atoms in total. The van der Waals surface area contributed by atoms with E-state index in [0.29, 0.717) is 12.8 Å². The molecule has 226 valence electrons. The van der Waals surface area contributed by atoms with E-state index in [4.69, 9.17) is 0 Å². The minimum atomic E-state index is -1.13. The second kappa shape index (κ2) is 29.1. The van der Waals surface area contributed by atoms with Crippen LogP contribution in [0.25, 0.3) is 0 Å². The van der Waals surface area contributed by atoms with Crippen LogP contribution in [0.2, 0.25) is 0 Å². The van der Waals surface area contributed by atoms with Crippen LogP contribution in [0.5, 0.6) is 0 Å². The SMILES string of the molecule is CCCC/C=C\CCCCCCC(=O)NC(CO)C(O)C(O)CCCCCCCCCCCCCCCC. The molecule has 0 fully saturated rings. The van der Waals surface area contributed by atoms with Gasteiger partial charge in [-0.15, -0.1) is 0 Å². The Balaban J connectivity index is 3.73. The lowest BCUT2D eigenvalue weighted by Crippen LogP contribution is -2.50. The van der Waals surface area contributed by atoms with Crippen molar-refractivity contribution >= 4 is 5.91 Å². The Morgan fingerprint density at radius 1 is 0.632 bits per heavy atom. The van der Waals surface area contributed by atoms with Gasteiger partial charge in [-0.1, -0.05) is 142 Å². The number of carbonyl (C=O) groups is 1. The van der Waals surface area contributed by atoms with Crippen molar-refractivity contribution in [2.45, 2.75) is 186 Å². The van der Waals surface area contributed by atoms with Crippen LogP contribution in [-0.4, -0.2) is 46.1 Å². The number of aliphatic hydroxyl groups is 3.